The van der Waals surface area contributed by atoms with E-state index in [0.29, 0.717) is 0 Å². The van der Waals surface area contributed by atoms with Crippen molar-refractivity contribution in [2.45, 2.75) is 99.1 Å². The Balaban J connectivity index is 2.28. The summed E-state index contributed by atoms with van der Waals surface area (Å²) < 4.78 is 12.3. The molecule has 1 fully saturated rings. The minimum atomic E-state index is -1.26. The Labute approximate surface area is 187 Å². The van der Waals surface area contributed by atoms with E-state index in [2.05, 4.69) is 77.0 Å². The van der Waals surface area contributed by atoms with Crippen molar-refractivity contribution in [3.8, 4) is 11.5 Å². The first-order valence-corrected chi connectivity index (χ1v) is 15.1. The summed E-state index contributed by atoms with van der Waals surface area (Å²) in [5, 5.41) is 0. The van der Waals surface area contributed by atoms with Gasteiger partial charge in [0, 0.05) is 11.8 Å². The van der Waals surface area contributed by atoms with E-state index in [1.807, 2.05) is 13.8 Å². The largest absolute Gasteiger partial charge is 0.350 e. The van der Waals surface area contributed by atoms with E-state index in [-0.39, 0.29) is 10.8 Å². The van der Waals surface area contributed by atoms with Gasteiger partial charge in [0.2, 0.25) is 0 Å². The molecule has 3 heteroatoms. The topological polar surface area (TPSA) is 18.5 Å². The predicted molar refractivity (Wildman–Crippen MR) is 132 cm³/mol. The van der Waals surface area contributed by atoms with Crippen LogP contribution < -0.4 is 0 Å². The van der Waals surface area contributed by atoms with Crippen molar-refractivity contribution in [2.24, 2.45) is 10.8 Å². The third-order valence-corrected chi connectivity index (χ3v) is 6.77. The molecule has 0 aromatic heterocycles. The van der Waals surface area contributed by atoms with Crippen LogP contribution in [0.15, 0.2) is 34.9 Å². The van der Waals surface area contributed by atoms with Crippen molar-refractivity contribution in [3.63, 3.8) is 0 Å². The van der Waals surface area contributed by atoms with Gasteiger partial charge in [0.05, 0.1) is 13.2 Å². The monoisotopic (exact) mass is 428 g/mol. The third-order valence-electron chi connectivity index (χ3n) is 5.84. The lowest BCUT2D eigenvalue weighted by Gasteiger charge is -2.48. The van der Waals surface area contributed by atoms with Gasteiger partial charge in [0.15, 0.2) is 5.79 Å². The maximum Gasteiger partial charge on any atom is 0.162 e. The van der Waals surface area contributed by atoms with Crippen molar-refractivity contribution in [2.75, 3.05) is 13.2 Å². The molecule has 0 aromatic rings. The van der Waals surface area contributed by atoms with Gasteiger partial charge in [-0.25, -0.2) is 0 Å². The lowest BCUT2D eigenvalue weighted by Crippen LogP contribution is -2.48. The number of hydrogen-bond donors (Lipinski definition) is 0. The standard InChI is InChI=1S/C27H44O2Si/c1-10-15-23-22(16-13-11-12-14-17-30(7,8)9)18-27(19-24(23)25(2,3)4)20-28-26(5,6)29-21-27/h10,15-16H,11-13,18-21H2,1-9H3/b15-10+,22-16+. The van der Waals surface area contributed by atoms with Crippen LogP contribution >= 0.6 is 0 Å². The number of hydrogen-bond acceptors (Lipinski definition) is 2. The van der Waals surface area contributed by atoms with Gasteiger partial charge >= 0.3 is 0 Å². The van der Waals surface area contributed by atoms with Crippen LogP contribution in [-0.2, 0) is 9.47 Å². The van der Waals surface area contributed by atoms with E-state index in [4.69, 9.17) is 9.47 Å². The third kappa shape index (κ3) is 7.26. The van der Waals surface area contributed by atoms with Crippen LogP contribution in [-0.4, -0.2) is 27.1 Å². The van der Waals surface area contributed by atoms with E-state index in [1.54, 1.807) is 0 Å². The zero-order chi connectivity index (χ0) is 22.6. The van der Waals surface area contributed by atoms with E-state index < -0.39 is 13.9 Å². The van der Waals surface area contributed by atoms with Gasteiger partial charge in [-0.3, -0.25) is 0 Å². The maximum atomic E-state index is 6.15. The van der Waals surface area contributed by atoms with Crippen LogP contribution in [0.3, 0.4) is 0 Å². The highest BCUT2D eigenvalue weighted by Gasteiger charge is 2.45. The molecule has 0 amide bonds. The van der Waals surface area contributed by atoms with Crippen LogP contribution in [0, 0.1) is 22.3 Å². The fourth-order valence-corrected chi connectivity index (χ4v) is 4.84. The Bertz CT molecular complexity index is 747. The van der Waals surface area contributed by atoms with Crippen LogP contribution in [0.5, 0.6) is 0 Å². The first-order valence-electron chi connectivity index (χ1n) is 11.6. The fourth-order valence-electron chi connectivity index (χ4n) is 4.19. The first-order chi connectivity index (χ1) is 13.8. The molecule has 0 atom stereocenters. The summed E-state index contributed by atoms with van der Waals surface area (Å²) in [5.74, 6) is 2.94. The number of allylic oxidation sites excluding steroid dienone is 6. The van der Waals surface area contributed by atoms with E-state index in [0.717, 1.165) is 45.3 Å². The second-order valence-electron chi connectivity index (χ2n) is 11.6. The van der Waals surface area contributed by atoms with Gasteiger partial charge < -0.3 is 9.47 Å². The molecule has 0 aromatic carbocycles. The highest BCUT2D eigenvalue weighted by Crippen LogP contribution is 2.51. The molecule has 1 aliphatic heterocycles. The highest BCUT2D eigenvalue weighted by atomic mass is 28.3. The molecule has 0 saturated carbocycles. The average Bonchev–Trinajstić information content (AvgIpc) is 2.61. The molecule has 0 radical (unpaired) electrons. The van der Waals surface area contributed by atoms with Gasteiger partial charge in [0.1, 0.15) is 8.07 Å². The molecule has 30 heavy (non-hydrogen) atoms. The Morgan fingerprint density at radius 3 is 2.23 bits per heavy atom. The number of ether oxygens (including phenoxy) is 2. The second kappa shape index (κ2) is 9.59. The van der Waals surface area contributed by atoms with E-state index in [1.165, 1.54) is 16.7 Å². The van der Waals surface area contributed by atoms with Crippen molar-refractivity contribution in [3.05, 3.63) is 34.9 Å². The van der Waals surface area contributed by atoms with Crippen LogP contribution in [0.4, 0.5) is 0 Å². The molecule has 1 aliphatic carbocycles. The Morgan fingerprint density at radius 1 is 1.07 bits per heavy atom. The molecule has 1 saturated heterocycles. The van der Waals surface area contributed by atoms with E-state index >= 15 is 0 Å². The molecule has 168 valence electrons. The van der Waals surface area contributed by atoms with Crippen molar-refractivity contribution in [1.29, 1.82) is 0 Å². The molecular weight excluding hydrogens is 384 g/mol. The first kappa shape index (κ1) is 25.2. The second-order valence-corrected chi connectivity index (χ2v) is 16.4. The molecule has 2 nitrogen and oxygen atoms in total. The van der Waals surface area contributed by atoms with Gasteiger partial charge in [-0.05, 0) is 63.0 Å². The van der Waals surface area contributed by atoms with Crippen LogP contribution in [0.1, 0.15) is 73.6 Å². The smallest absolute Gasteiger partial charge is 0.162 e. The predicted octanol–water partition coefficient (Wildman–Crippen LogP) is 7.45. The SMILES string of the molecule is C/C=C/C1=C(C(C)(C)C)CC2(COC(C)(C)OC2)C/C1=C\CCCC#C[Si](C)(C)C. The van der Waals surface area contributed by atoms with E-state index in [9.17, 15) is 0 Å². The minimum Gasteiger partial charge on any atom is -0.350 e. The Morgan fingerprint density at radius 2 is 1.70 bits per heavy atom. The molecule has 0 unspecified atom stereocenters. The Hall–Kier alpha value is -1.08. The summed E-state index contributed by atoms with van der Waals surface area (Å²) >= 11 is 0. The molecule has 2 aliphatic rings. The quantitative estimate of drug-likeness (QED) is 0.263. The van der Waals surface area contributed by atoms with Crippen molar-refractivity contribution < 1.29 is 9.47 Å². The summed E-state index contributed by atoms with van der Waals surface area (Å²) in [4.78, 5) is 0. The summed E-state index contributed by atoms with van der Waals surface area (Å²) in [6.07, 6.45) is 12.3. The summed E-state index contributed by atoms with van der Waals surface area (Å²) in [7, 11) is -1.26. The lowest BCUT2D eigenvalue weighted by atomic mass is 9.64. The van der Waals surface area contributed by atoms with Gasteiger partial charge in [-0.15, -0.1) is 11.5 Å². The molecular formula is C27H44O2Si. The number of unbranched alkanes of at least 4 members (excludes halogenated alkanes) is 2. The molecule has 1 heterocycles. The Kier molecular flexibility index (Phi) is 8.05. The van der Waals surface area contributed by atoms with Crippen LogP contribution in [0.2, 0.25) is 19.6 Å². The van der Waals surface area contributed by atoms with Gasteiger partial charge in [-0.1, -0.05) is 64.2 Å². The molecule has 0 bridgehead atoms. The summed E-state index contributed by atoms with van der Waals surface area (Å²) in [6, 6.07) is 0. The normalized spacial score (nSPS) is 23.2. The maximum absolute atomic E-state index is 6.15. The zero-order valence-corrected chi connectivity index (χ0v) is 22.0. The van der Waals surface area contributed by atoms with Gasteiger partial charge in [-0.2, -0.15) is 0 Å². The summed E-state index contributed by atoms with van der Waals surface area (Å²) in [5.41, 5.74) is 8.09. The van der Waals surface area contributed by atoms with Crippen molar-refractivity contribution in [1.82, 2.24) is 0 Å². The zero-order valence-electron chi connectivity index (χ0n) is 21.0. The van der Waals surface area contributed by atoms with Crippen LogP contribution in [0.25, 0.3) is 0 Å². The fraction of sp³-hybridized carbons (Fsp3) is 0.704. The molecule has 0 N–H and O–H groups in total. The number of rotatable bonds is 4. The van der Waals surface area contributed by atoms with Crippen molar-refractivity contribution >= 4 is 8.07 Å². The lowest BCUT2D eigenvalue weighted by molar-refractivity contribution is -0.285. The average molecular weight is 429 g/mol. The highest BCUT2D eigenvalue weighted by molar-refractivity contribution is 6.83. The summed E-state index contributed by atoms with van der Waals surface area (Å²) in [6.45, 7) is 21.6. The molecule has 2 rings (SSSR count). The molecule has 1 spiro atoms. The minimum absolute atomic E-state index is 0.0483. The van der Waals surface area contributed by atoms with Gasteiger partial charge in [0.25, 0.3) is 0 Å².